The number of ether oxygens (including phenoxy) is 1. The molecule has 0 unspecified atom stereocenters. The zero-order chi connectivity index (χ0) is 25.9. The van der Waals surface area contributed by atoms with Crippen molar-refractivity contribution in [1.29, 1.82) is 0 Å². The van der Waals surface area contributed by atoms with E-state index in [1.807, 2.05) is 6.92 Å². The van der Waals surface area contributed by atoms with E-state index in [1.165, 1.54) is 18.2 Å². The van der Waals surface area contributed by atoms with Crippen LogP contribution < -0.4 is 5.32 Å². The van der Waals surface area contributed by atoms with Crippen LogP contribution in [0.15, 0.2) is 58.9 Å². The first-order valence-corrected chi connectivity index (χ1v) is 11.3. The second-order valence-corrected chi connectivity index (χ2v) is 8.16. The number of carbonyl (C=O) groups excluding carboxylic acids is 1. The SMILES string of the molecule is C=C/C=C(\N=C(C)C(F)(F)F)c1nn(C2CC(OCC)C2)cc1NC(=O)c1ccc(-c2cn[nH]c2)o1. The normalized spacial score (nSPS) is 18.7. The maximum atomic E-state index is 13.2. The first-order chi connectivity index (χ1) is 17.2. The van der Waals surface area contributed by atoms with Crippen LogP contribution >= 0.6 is 0 Å². The zero-order valence-corrected chi connectivity index (χ0v) is 19.7. The topological polar surface area (TPSA) is 110 Å². The van der Waals surface area contributed by atoms with Gasteiger partial charge in [-0.15, -0.1) is 0 Å². The van der Waals surface area contributed by atoms with Gasteiger partial charge in [0.15, 0.2) is 5.76 Å². The summed E-state index contributed by atoms with van der Waals surface area (Å²) in [6, 6.07) is 3.08. The van der Waals surface area contributed by atoms with E-state index in [0.717, 1.165) is 6.92 Å². The number of anilines is 1. The third kappa shape index (κ3) is 5.48. The van der Waals surface area contributed by atoms with Gasteiger partial charge >= 0.3 is 6.18 Å². The van der Waals surface area contributed by atoms with Crippen LogP contribution in [0.4, 0.5) is 18.9 Å². The number of aromatic amines is 1. The fraction of sp³-hybridized carbons (Fsp3) is 0.333. The lowest BCUT2D eigenvalue weighted by Crippen LogP contribution is -2.33. The van der Waals surface area contributed by atoms with Crippen LogP contribution in [0.3, 0.4) is 0 Å². The summed E-state index contributed by atoms with van der Waals surface area (Å²) < 4.78 is 52.5. The van der Waals surface area contributed by atoms with Crippen molar-refractivity contribution in [2.45, 2.75) is 45.0 Å². The quantitative estimate of drug-likeness (QED) is 0.300. The molecule has 1 fully saturated rings. The van der Waals surface area contributed by atoms with E-state index in [9.17, 15) is 18.0 Å². The van der Waals surface area contributed by atoms with Gasteiger partial charge in [-0.25, -0.2) is 4.99 Å². The van der Waals surface area contributed by atoms with Gasteiger partial charge in [0.25, 0.3) is 5.91 Å². The van der Waals surface area contributed by atoms with Crippen LogP contribution in [-0.4, -0.2) is 50.5 Å². The van der Waals surface area contributed by atoms with Gasteiger partial charge in [-0.2, -0.15) is 23.4 Å². The molecule has 12 heteroatoms. The molecule has 1 amide bonds. The predicted molar refractivity (Wildman–Crippen MR) is 127 cm³/mol. The van der Waals surface area contributed by atoms with Crippen molar-refractivity contribution in [3.63, 3.8) is 0 Å². The van der Waals surface area contributed by atoms with Crippen LogP contribution in [0.5, 0.6) is 0 Å². The van der Waals surface area contributed by atoms with Gasteiger partial charge < -0.3 is 14.5 Å². The van der Waals surface area contributed by atoms with E-state index >= 15 is 0 Å². The highest BCUT2D eigenvalue weighted by molar-refractivity contribution is 6.04. The number of alkyl halides is 3. The lowest BCUT2D eigenvalue weighted by Gasteiger charge is -2.34. The third-order valence-corrected chi connectivity index (χ3v) is 5.66. The minimum Gasteiger partial charge on any atom is -0.451 e. The molecular formula is C24H25F3N6O3. The highest BCUT2D eigenvalue weighted by Crippen LogP contribution is 2.37. The molecule has 0 aliphatic heterocycles. The van der Waals surface area contributed by atoms with Crippen molar-refractivity contribution in [3.8, 4) is 11.3 Å². The standard InChI is InChI=1S/C24H25F3N6O3/c1-4-6-18(30-14(3)24(25,26)27)22-19(13-33(32-22)16-9-17(10-16)35-5-2)31-23(34)21-8-7-20(36-21)15-11-28-29-12-15/h4,6-8,11-13,16-17H,1,5,9-10H2,2-3H3,(H,28,29)(H,31,34)/b18-6-,30-14?. The second-order valence-electron chi connectivity index (χ2n) is 8.16. The summed E-state index contributed by atoms with van der Waals surface area (Å²) in [5, 5.41) is 13.7. The Morgan fingerprint density at radius 3 is 2.83 bits per heavy atom. The van der Waals surface area contributed by atoms with Crippen molar-refractivity contribution >= 4 is 23.0 Å². The van der Waals surface area contributed by atoms with E-state index < -0.39 is 17.8 Å². The Morgan fingerprint density at radius 2 is 2.19 bits per heavy atom. The van der Waals surface area contributed by atoms with E-state index in [1.54, 1.807) is 29.3 Å². The smallest absolute Gasteiger partial charge is 0.429 e. The Morgan fingerprint density at radius 1 is 1.42 bits per heavy atom. The maximum absolute atomic E-state index is 13.2. The molecule has 0 spiro atoms. The van der Waals surface area contributed by atoms with Crippen LogP contribution in [-0.2, 0) is 4.74 Å². The van der Waals surface area contributed by atoms with Gasteiger partial charge in [0.1, 0.15) is 17.2 Å². The summed E-state index contributed by atoms with van der Waals surface area (Å²) in [6.07, 6.45) is 4.21. The second kappa shape index (κ2) is 10.4. The predicted octanol–water partition coefficient (Wildman–Crippen LogP) is 5.41. The summed E-state index contributed by atoms with van der Waals surface area (Å²) in [7, 11) is 0. The summed E-state index contributed by atoms with van der Waals surface area (Å²) in [6.45, 7) is 6.94. The van der Waals surface area contributed by atoms with E-state index in [4.69, 9.17) is 9.15 Å². The monoisotopic (exact) mass is 502 g/mol. The lowest BCUT2D eigenvalue weighted by atomic mass is 9.89. The number of aromatic nitrogens is 4. The summed E-state index contributed by atoms with van der Waals surface area (Å²) in [5.74, 6) is -0.158. The fourth-order valence-electron chi connectivity index (χ4n) is 3.69. The fourth-order valence-corrected chi connectivity index (χ4v) is 3.69. The Hall–Kier alpha value is -3.93. The lowest BCUT2D eigenvalue weighted by molar-refractivity contribution is -0.0591. The van der Waals surface area contributed by atoms with Gasteiger partial charge in [0.05, 0.1) is 35.3 Å². The van der Waals surface area contributed by atoms with Crippen LogP contribution in [0.1, 0.15) is 49.0 Å². The van der Waals surface area contributed by atoms with Crippen LogP contribution in [0.25, 0.3) is 17.0 Å². The van der Waals surface area contributed by atoms with Crippen LogP contribution in [0, 0.1) is 0 Å². The number of furan rings is 1. The zero-order valence-electron chi connectivity index (χ0n) is 19.7. The number of aliphatic imine (C=N–C) groups is 1. The highest BCUT2D eigenvalue weighted by atomic mass is 19.4. The molecule has 1 aliphatic carbocycles. The molecular weight excluding hydrogens is 477 g/mol. The number of hydrogen-bond acceptors (Lipinski definition) is 6. The van der Waals surface area contributed by atoms with Gasteiger partial charge in [0.2, 0.25) is 0 Å². The minimum absolute atomic E-state index is 0.00850. The Balaban J connectivity index is 1.65. The maximum Gasteiger partial charge on any atom is 0.429 e. The van der Waals surface area contributed by atoms with Crippen LogP contribution in [0.2, 0.25) is 0 Å². The molecule has 0 aromatic carbocycles. The Bertz CT molecular complexity index is 1280. The largest absolute Gasteiger partial charge is 0.451 e. The number of nitrogens with one attached hydrogen (secondary N) is 2. The molecule has 1 saturated carbocycles. The number of H-pyrrole nitrogens is 1. The van der Waals surface area contributed by atoms with Gasteiger partial charge in [0, 0.05) is 19.0 Å². The third-order valence-electron chi connectivity index (χ3n) is 5.66. The molecule has 0 saturated heterocycles. The van der Waals surface area contributed by atoms with Crippen molar-refractivity contribution in [2.24, 2.45) is 4.99 Å². The van der Waals surface area contributed by atoms with E-state index in [2.05, 4.69) is 32.2 Å². The Labute approximate surface area is 204 Å². The van der Waals surface area contributed by atoms with E-state index in [0.29, 0.717) is 30.8 Å². The molecule has 3 heterocycles. The number of allylic oxidation sites excluding steroid dienone is 2. The Kier molecular flexibility index (Phi) is 7.25. The number of halogens is 3. The molecule has 3 aromatic heterocycles. The molecule has 0 bridgehead atoms. The molecule has 0 radical (unpaired) electrons. The first kappa shape index (κ1) is 25.2. The summed E-state index contributed by atoms with van der Waals surface area (Å²) >= 11 is 0. The minimum atomic E-state index is -4.62. The number of nitrogens with zero attached hydrogens (tertiary/aromatic N) is 4. The van der Waals surface area contributed by atoms with Crippen molar-refractivity contribution in [3.05, 3.63) is 60.9 Å². The highest BCUT2D eigenvalue weighted by Gasteiger charge is 2.34. The molecule has 3 aromatic rings. The average Bonchev–Trinajstić information content (AvgIpc) is 3.55. The first-order valence-electron chi connectivity index (χ1n) is 11.3. The number of amides is 1. The molecule has 4 rings (SSSR count). The molecule has 36 heavy (non-hydrogen) atoms. The number of rotatable bonds is 9. The number of carbonyl (C=O) groups is 1. The molecule has 190 valence electrons. The molecule has 9 nitrogen and oxygen atoms in total. The molecule has 2 N–H and O–H groups in total. The van der Waals surface area contributed by atoms with Gasteiger partial charge in [-0.05, 0) is 44.9 Å². The molecule has 1 aliphatic rings. The van der Waals surface area contributed by atoms with E-state index in [-0.39, 0.29) is 35.0 Å². The van der Waals surface area contributed by atoms with Crippen molar-refractivity contribution in [2.75, 3.05) is 11.9 Å². The average molecular weight is 502 g/mol. The van der Waals surface area contributed by atoms with Crippen molar-refractivity contribution in [1.82, 2.24) is 20.0 Å². The number of hydrogen-bond donors (Lipinski definition) is 2. The van der Waals surface area contributed by atoms with Crippen molar-refractivity contribution < 1.29 is 27.1 Å². The summed E-state index contributed by atoms with van der Waals surface area (Å²) in [4.78, 5) is 16.7. The molecule has 0 atom stereocenters. The van der Waals surface area contributed by atoms with Gasteiger partial charge in [-0.3, -0.25) is 14.6 Å². The van der Waals surface area contributed by atoms with Gasteiger partial charge in [-0.1, -0.05) is 12.7 Å². The summed E-state index contributed by atoms with van der Waals surface area (Å²) in [5.41, 5.74) is -0.225.